The first kappa shape index (κ1) is 9.58. The van der Waals surface area contributed by atoms with Gasteiger partial charge in [-0.25, -0.2) is 5.01 Å². The van der Waals surface area contributed by atoms with Crippen LogP contribution in [-0.4, -0.2) is 41.1 Å². The van der Waals surface area contributed by atoms with Crippen LogP contribution in [-0.2, 0) is 6.54 Å². The van der Waals surface area contributed by atoms with Gasteiger partial charge < -0.3 is 0 Å². The van der Waals surface area contributed by atoms with Crippen LogP contribution in [0.25, 0.3) is 0 Å². The molecule has 1 aromatic heterocycles. The van der Waals surface area contributed by atoms with Crippen molar-refractivity contribution in [1.29, 1.82) is 0 Å². The number of nitrogens with two attached hydrogens (primary N) is 1. The van der Waals surface area contributed by atoms with Crippen LogP contribution in [0.3, 0.4) is 0 Å². The molecule has 0 radical (unpaired) electrons. The number of hydrogen-bond donors (Lipinski definition) is 1. The van der Waals surface area contributed by atoms with E-state index in [1.165, 1.54) is 0 Å². The maximum atomic E-state index is 5.68. The van der Waals surface area contributed by atoms with Crippen molar-refractivity contribution in [2.45, 2.75) is 6.54 Å². The normalized spacial score (nSPS) is 19.8. The number of hydrazine groups is 1. The second kappa shape index (κ2) is 4.50. The van der Waals surface area contributed by atoms with Crippen molar-refractivity contribution in [2.75, 3.05) is 26.2 Å². The molecule has 1 aliphatic heterocycles. The summed E-state index contributed by atoms with van der Waals surface area (Å²) in [7, 11) is 0. The van der Waals surface area contributed by atoms with Gasteiger partial charge in [-0.1, -0.05) is 6.07 Å². The zero-order valence-electron chi connectivity index (χ0n) is 8.26. The molecule has 1 saturated heterocycles. The summed E-state index contributed by atoms with van der Waals surface area (Å²) in [5.41, 5.74) is 1.14. The lowest BCUT2D eigenvalue weighted by Gasteiger charge is -2.31. The van der Waals surface area contributed by atoms with Crippen LogP contribution in [0.2, 0.25) is 0 Å². The number of hydrogen-bond acceptors (Lipinski definition) is 4. The van der Waals surface area contributed by atoms with Gasteiger partial charge in [-0.15, -0.1) is 0 Å². The minimum absolute atomic E-state index is 0.939. The summed E-state index contributed by atoms with van der Waals surface area (Å²) in [6, 6.07) is 6.04. The summed E-state index contributed by atoms with van der Waals surface area (Å²) in [6.07, 6.45) is 1.84. The Morgan fingerprint density at radius 1 is 1.21 bits per heavy atom. The maximum absolute atomic E-state index is 5.68. The van der Waals surface area contributed by atoms with Gasteiger partial charge in [0.05, 0.1) is 5.69 Å². The van der Waals surface area contributed by atoms with E-state index in [1.807, 2.05) is 23.3 Å². The van der Waals surface area contributed by atoms with E-state index in [0.29, 0.717) is 0 Å². The van der Waals surface area contributed by atoms with E-state index >= 15 is 0 Å². The first-order chi connectivity index (χ1) is 6.84. The van der Waals surface area contributed by atoms with Gasteiger partial charge >= 0.3 is 0 Å². The van der Waals surface area contributed by atoms with E-state index in [2.05, 4.69) is 16.0 Å². The first-order valence-corrected chi connectivity index (χ1v) is 4.96. The van der Waals surface area contributed by atoms with E-state index in [-0.39, 0.29) is 0 Å². The van der Waals surface area contributed by atoms with Crippen molar-refractivity contribution in [3.05, 3.63) is 30.1 Å². The van der Waals surface area contributed by atoms with Gasteiger partial charge in [-0.3, -0.25) is 15.7 Å². The molecule has 14 heavy (non-hydrogen) atoms. The molecule has 0 aromatic carbocycles. The third-order valence-corrected chi connectivity index (χ3v) is 2.52. The number of piperazine rings is 1. The van der Waals surface area contributed by atoms with Crippen molar-refractivity contribution in [1.82, 2.24) is 14.9 Å². The number of nitrogens with zero attached hydrogens (tertiary/aromatic N) is 3. The molecule has 2 N–H and O–H groups in total. The molecule has 0 spiro atoms. The maximum Gasteiger partial charge on any atom is 0.0543 e. The molecule has 2 rings (SSSR count). The Kier molecular flexibility index (Phi) is 3.08. The largest absolute Gasteiger partial charge is 0.295 e. The molecule has 1 aliphatic rings. The van der Waals surface area contributed by atoms with Gasteiger partial charge in [0, 0.05) is 38.9 Å². The third kappa shape index (κ3) is 2.51. The summed E-state index contributed by atoms with van der Waals surface area (Å²) in [4.78, 5) is 6.69. The van der Waals surface area contributed by atoms with Crippen molar-refractivity contribution < 1.29 is 0 Å². The van der Waals surface area contributed by atoms with Gasteiger partial charge in [0.25, 0.3) is 0 Å². The summed E-state index contributed by atoms with van der Waals surface area (Å²) < 4.78 is 0. The Bertz CT molecular complexity index is 267. The molecule has 76 valence electrons. The molecule has 0 bridgehead atoms. The fourth-order valence-corrected chi connectivity index (χ4v) is 1.64. The van der Waals surface area contributed by atoms with E-state index in [4.69, 9.17) is 5.84 Å². The van der Waals surface area contributed by atoms with Crippen LogP contribution in [0.5, 0.6) is 0 Å². The molecule has 0 amide bonds. The predicted molar refractivity (Wildman–Crippen MR) is 55.3 cm³/mol. The molecular weight excluding hydrogens is 176 g/mol. The minimum atomic E-state index is 0.939. The monoisotopic (exact) mass is 192 g/mol. The predicted octanol–water partition coefficient (Wildman–Crippen LogP) is 0.0729. The molecule has 0 atom stereocenters. The zero-order chi connectivity index (χ0) is 9.80. The standard InChI is InChI=1S/C10H16N4/c11-14-7-5-13(6-8-14)9-10-3-1-2-4-12-10/h1-4H,5-9,11H2. The molecule has 2 heterocycles. The van der Waals surface area contributed by atoms with Crippen molar-refractivity contribution in [3.63, 3.8) is 0 Å². The summed E-state index contributed by atoms with van der Waals surface area (Å²) in [5.74, 6) is 5.68. The molecule has 1 aromatic rings. The highest BCUT2D eigenvalue weighted by Gasteiger charge is 2.14. The highest BCUT2D eigenvalue weighted by molar-refractivity contribution is 5.03. The Balaban J connectivity index is 1.87. The topological polar surface area (TPSA) is 45.4 Å². The number of rotatable bonds is 2. The highest BCUT2D eigenvalue weighted by Crippen LogP contribution is 2.03. The van der Waals surface area contributed by atoms with Crippen LogP contribution >= 0.6 is 0 Å². The Morgan fingerprint density at radius 3 is 2.64 bits per heavy atom. The lowest BCUT2D eigenvalue weighted by Crippen LogP contribution is -2.48. The second-order valence-electron chi connectivity index (χ2n) is 3.63. The smallest absolute Gasteiger partial charge is 0.0543 e. The van der Waals surface area contributed by atoms with Crippen molar-refractivity contribution >= 4 is 0 Å². The quantitative estimate of drug-likeness (QED) is 0.674. The highest BCUT2D eigenvalue weighted by atomic mass is 15.4. The van der Waals surface area contributed by atoms with Crippen molar-refractivity contribution in [2.24, 2.45) is 5.84 Å². The summed E-state index contributed by atoms with van der Waals surface area (Å²) in [6.45, 7) is 4.91. The van der Waals surface area contributed by atoms with Crippen LogP contribution in [0.4, 0.5) is 0 Å². The fraction of sp³-hybridized carbons (Fsp3) is 0.500. The Morgan fingerprint density at radius 2 is 2.00 bits per heavy atom. The van der Waals surface area contributed by atoms with E-state index < -0.39 is 0 Å². The average molecular weight is 192 g/mol. The van der Waals surface area contributed by atoms with Gasteiger partial charge in [0.2, 0.25) is 0 Å². The minimum Gasteiger partial charge on any atom is -0.295 e. The SMILES string of the molecule is NN1CCN(Cc2ccccn2)CC1. The van der Waals surface area contributed by atoms with Crippen molar-refractivity contribution in [3.8, 4) is 0 Å². The molecular formula is C10H16N4. The van der Waals surface area contributed by atoms with Crippen LogP contribution in [0.1, 0.15) is 5.69 Å². The molecule has 1 fully saturated rings. The molecule has 4 heteroatoms. The van der Waals surface area contributed by atoms with E-state index in [9.17, 15) is 0 Å². The number of pyridine rings is 1. The second-order valence-corrected chi connectivity index (χ2v) is 3.63. The van der Waals surface area contributed by atoms with Crippen LogP contribution in [0.15, 0.2) is 24.4 Å². The average Bonchev–Trinajstić information content (AvgIpc) is 2.23. The van der Waals surface area contributed by atoms with E-state index in [1.54, 1.807) is 0 Å². The third-order valence-electron chi connectivity index (χ3n) is 2.52. The first-order valence-electron chi connectivity index (χ1n) is 4.96. The Labute approximate surface area is 84.3 Å². The van der Waals surface area contributed by atoms with Gasteiger partial charge in [-0.05, 0) is 12.1 Å². The molecule has 0 saturated carbocycles. The lowest BCUT2D eigenvalue weighted by molar-refractivity contribution is 0.127. The molecule has 0 aliphatic carbocycles. The lowest BCUT2D eigenvalue weighted by atomic mass is 10.3. The number of aromatic nitrogens is 1. The van der Waals surface area contributed by atoms with Crippen LogP contribution in [0, 0.1) is 0 Å². The van der Waals surface area contributed by atoms with E-state index in [0.717, 1.165) is 38.4 Å². The molecule has 4 nitrogen and oxygen atoms in total. The van der Waals surface area contributed by atoms with Gasteiger partial charge in [-0.2, -0.15) is 0 Å². The Hall–Kier alpha value is -0.970. The molecule has 0 unspecified atom stereocenters. The van der Waals surface area contributed by atoms with Gasteiger partial charge in [0.15, 0.2) is 0 Å². The fourth-order valence-electron chi connectivity index (χ4n) is 1.64. The van der Waals surface area contributed by atoms with Crippen LogP contribution < -0.4 is 5.84 Å². The summed E-state index contributed by atoms with van der Waals surface area (Å²) >= 11 is 0. The zero-order valence-corrected chi connectivity index (χ0v) is 8.26. The van der Waals surface area contributed by atoms with Gasteiger partial charge in [0.1, 0.15) is 0 Å². The summed E-state index contributed by atoms with van der Waals surface area (Å²) in [5, 5.41) is 1.87.